The first-order chi connectivity index (χ1) is 14.1. The summed E-state index contributed by atoms with van der Waals surface area (Å²) in [5.41, 5.74) is 0.524. The molecule has 1 heterocycles. The molecule has 0 aliphatic heterocycles. The number of aromatic hydroxyl groups is 2. The number of phenolic OH excluding ortho intramolecular Hbond substituents is 2. The van der Waals surface area contributed by atoms with Crippen molar-refractivity contribution in [3.63, 3.8) is 0 Å². The zero-order chi connectivity index (χ0) is 22.6. The van der Waals surface area contributed by atoms with E-state index < -0.39 is 40.0 Å². The Morgan fingerprint density at radius 3 is 1.66 bits per heavy atom. The summed E-state index contributed by atoms with van der Waals surface area (Å²) in [6.07, 6.45) is 1.44. The summed E-state index contributed by atoms with van der Waals surface area (Å²) in [5.74, 6) is -1.94. The minimum absolute atomic E-state index is 0. The summed E-state index contributed by atoms with van der Waals surface area (Å²) in [6.45, 7) is 0. The summed E-state index contributed by atoms with van der Waals surface area (Å²) in [7, 11) is 0. The average molecular weight is 499 g/mol. The molecule has 2 atom stereocenters. The second-order valence-electron chi connectivity index (χ2n) is 5.48. The van der Waals surface area contributed by atoms with Crippen molar-refractivity contribution < 1.29 is 106 Å². The molecule has 4 N–H and O–H groups in total. The number of pyridine rings is 1. The van der Waals surface area contributed by atoms with Crippen LogP contribution in [0.3, 0.4) is 0 Å². The van der Waals surface area contributed by atoms with Crippen LogP contribution in [0.4, 0.5) is 0 Å². The summed E-state index contributed by atoms with van der Waals surface area (Å²) in [6, 6.07) is 9.63. The Morgan fingerprint density at radius 2 is 1.19 bits per heavy atom. The van der Waals surface area contributed by atoms with Gasteiger partial charge in [-0.15, -0.1) is 0 Å². The maximum Gasteiger partial charge on any atom is 1.00 e. The quantitative estimate of drug-likeness (QED) is 0.102. The Hall–Kier alpha value is -1.07. The summed E-state index contributed by atoms with van der Waals surface area (Å²) in [4.78, 5) is 29.4. The fourth-order valence-corrected chi connectivity index (χ4v) is 2.88. The van der Waals surface area contributed by atoms with E-state index >= 15 is 0 Å². The third-order valence-corrected chi connectivity index (χ3v) is 3.88. The number of hydrogen-bond donors (Lipinski definition) is 4. The van der Waals surface area contributed by atoms with Gasteiger partial charge in [0.05, 0.1) is 28.3 Å². The summed E-state index contributed by atoms with van der Waals surface area (Å²) in [5, 5.41) is 20.6. The first kappa shape index (κ1) is 30.9. The van der Waals surface area contributed by atoms with Crippen LogP contribution in [0, 0.1) is 0 Å². The Balaban J connectivity index is 0.000000841. The molecule has 3 aromatic rings. The second kappa shape index (κ2) is 13.6. The molecule has 1 aromatic heterocycles. The van der Waals surface area contributed by atoms with E-state index in [0.29, 0.717) is 5.39 Å². The number of nitrogens with zero attached hydrogens (tertiary/aromatic N) is 1. The van der Waals surface area contributed by atoms with Crippen LogP contribution in [0.1, 0.15) is 31.8 Å². The zero-order valence-electron chi connectivity index (χ0n) is 16.5. The van der Waals surface area contributed by atoms with Gasteiger partial charge in [-0.2, -0.15) is 0 Å². The standard InChI is InChI=1S/C17H9NO4.2Na.2H2O3S/c19-14-8-4-1-2-5-9(8)15(20)12-11(14)10-6-3-7-18-13(10)17(22)16(12)21;;;2*1-4(2)3/h1-7,21-22H;;;2*(H2,1,2,3)/q;2*+1;;/p-2. The number of hydrogen-bond acceptors (Lipinski definition) is 9. The third-order valence-electron chi connectivity index (χ3n) is 3.88. The van der Waals surface area contributed by atoms with Crippen LogP contribution in [0.15, 0.2) is 42.6 Å². The summed E-state index contributed by atoms with van der Waals surface area (Å²) < 4.78 is 48.2. The van der Waals surface area contributed by atoms with Crippen LogP contribution in [0.2, 0.25) is 0 Å². The number of phenols is 2. The molecule has 1 aliphatic carbocycles. The molecular formula is C17H11NNa2O10S2. The van der Waals surface area contributed by atoms with Gasteiger partial charge < -0.3 is 28.4 Å². The minimum Gasteiger partial charge on any atom is -0.750 e. The molecule has 0 saturated carbocycles. The van der Waals surface area contributed by atoms with Crippen LogP contribution in [0.5, 0.6) is 11.5 Å². The minimum atomic E-state index is -2.86. The monoisotopic (exact) mass is 499 g/mol. The largest absolute Gasteiger partial charge is 1.00 e. The van der Waals surface area contributed by atoms with Crippen molar-refractivity contribution in [3.8, 4) is 11.5 Å². The molecule has 0 fully saturated rings. The number of aromatic nitrogens is 1. The van der Waals surface area contributed by atoms with Crippen LogP contribution in [-0.4, -0.2) is 53.4 Å². The van der Waals surface area contributed by atoms with E-state index in [0.717, 1.165) is 0 Å². The zero-order valence-corrected chi connectivity index (χ0v) is 22.2. The predicted molar refractivity (Wildman–Crippen MR) is 101 cm³/mol. The van der Waals surface area contributed by atoms with Gasteiger partial charge in [0.25, 0.3) is 0 Å². The van der Waals surface area contributed by atoms with Crippen molar-refractivity contribution in [2.45, 2.75) is 0 Å². The molecule has 0 amide bonds. The third kappa shape index (κ3) is 6.96. The molecular weight excluding hydrogens is 488 g/mol. The van der Waals surface area contributed by atoms with Crippen molar-refractivity contribution in [1.29, 1.82) is 0 Å². The topological polar surface area (TPSA) is 208 Å². The predicted octanol–water partition coefficient (Wildman–Crippen LogP) is -4.89. The van der Waals surface area contributed by atoms with E-state index in [9.17, 15) is 19.8 Å². The van der Waals surface area contributed by atoms with E-state index in [1.54, 1.807) is 30.3 Å². The van der Waals surface area contributed by atoms with Crippen molar-refractivity contribution in [3.05, 3.63) is 64.8 Å². The number of fused-ring (bicyclic) bond motifs is 4. The molecule has 0 bridgehead atoms. The van der Waals surface area contributed by atoms with Gasteiger partial charge in [0.2, 0.25) is 0 Å². The Labute approximate surface area is 230 Å². The van der Waals surface area contributed by atoms with Crippen molar-refractivity contribution in [2.24, 2.45) is 0 Å². The molecule has 0 spiro atoms. The van der Waals surface area contributed by atoms with Gasteiger partial charge in [-0.1, -0.05) is 30.3 Å². The molecule has 4 rings (SSSR count). The number of benzene rings is 2. The number of ketones is 2. The normalized spacial score (nSPS) is 12.9. The van der Waals surface area contributed by atoms with Gasteiger partial charge in [0, 0.05) is 28.3 Å². The molecule has 11 nitrogen and oxygen atoms in total. The smallest absolute Gasteiger partial charge is 0.750 e. The first-order valence-corrected chi connectivity index (χ1v) is 9.72. The first-order valence-electron chi connectivity index (χ1n) is 7.65. The van der Waals surface area contributed by atoms with E-state index in [-0.39, 0.29) is 92.7 Å². The van der Waals surface area contributed by atoms with Gasteiger partial charge in [0.1, 0.15) is 5.52 Å². The Kier molecular flexibility index (Phi) is 13.1. The van der Waals surface area contributed by atoms with Gasteiger partial charge in [-0.05, 0) is 6.07 Å². The molecule has 0 saturated heterocycles. The second-order valence-corrected chi connectivity index (χ2v) is 6.35. The van der Waals surface area contributed by atoms with Gasteiger partial charge in [-0.25, -0.2) is 8.42 Å². The van der Waals surface area contributed by atoms with E-state index in [1.165, 1.54) is 12.3 Å². The number of carbonyl (C=O) groups excluding carboxylic acids is 2. The Morgan fingerprint density at radius 1 is 0.750 bits per heavy atom. The number of carbonyl (C=O) groups is 2. The van der Waals surface area contributed by atoms with Crippen molar-refractivity contribution in [2.75, 3.05) is 0 Å². The van der Waals surface area contributed by atoms with E-state index in [4.69, 9.17) is 26.6 Å². The molecule has 2 unspecified atom stereocenters. The summed E-state index contributed by atoms with van der Waals surface area (Å²) >= 11 is -5.72. The molecule has 0 radical (unpaired) electrons. The Bertz CT molecular complexity index is 1190. The van der Waals surface area contributed by atoms with E-state index in [1.807, 2.05) is 0 Å². The molecule has 1 aliphatic rings. The SMILES string of the molecule is O=C1c2ccccc2C(=O)c2c1c(O)c(O)c1ncccc21.O=S([O-])O.O=S([O-])O.[Na+].[Na+]. The fourth-order valence-electron chi connectivity index (χ4n) is 2.88. The van der Waals surface area contributed by atoms with E-state index in [2.05, 4.69) is 4.98 Å². The average Bonchev–Trinajstić information content (AvgIpc) is 2.68. The van der Waals surface area contributed by atoms with Crippen LogP contribution < -0.4 is 59.1 Å². The molecule has 158 valence electrons. The van der Waals surface area contributed by atoms with Gasteiger partial charge >= 0.3 is 59.1 Å². The van der Waals surface area contributed by atoms with Gasteiger partial charge in [-0.3, -0.25) is 14.6 Å². The van der Waals surface area contributed by atoms with Crippen molar-refractivity contribution >= 4 is 45.2 Å². The maximum absolute atomic E-state index is 12.8. The van der Waals surface area contributed by atoms with Crippen LogP contribution in [-0.2, 0) is 22.7 Å². The molecule has 32 heavy (non-hydrogen) atoms. The fraction of sp³-hybridized carbons (Fsp3) is 0. The maximum atomic E-state index is 12.8. The van der Waals surface area contributed by atoms with Crippen LogP contribution in [0.25, 0.3) is 10.9 Å². The number of rotatable bonds is 0. The van der Waals surface area contributed by atoms with Gasteiger partial charge in [0.15, 0.2) is 23.1 Å². The molecule has 2 aromatic carbocycles. The molecule has 15 heteroatoms. The van der Waals surface area contributed by atoms with Crippen LogP contribution >= 0.6 is 0 Å². The van der Waals surface area contributed by atoms with Crippen molar-refractivity contribution in [1.82, 2.24) is 4.98 Å².